The molecule has 1 aliphatic carbocycles. The van der Waals surface area contributed by atoms with Crippen molar-refractivity contribution in [2.24, 2.45) is 11.7 Å². The largest absolute Gasteiger partial charge is 0.507 e. The van der Waals surface area contributed by atoms with Crippen LogP contribution in [-0.4, -0.2) is 43.0 Å². The van der Waals surface area contributed by atoms with Gasteiger partial charge in [0, 0.05) is 25.2 Å². The fourth-order valence-electron chi connectivity index (χ4n) is 4.40. The van der Waals surface area contributed by atoms with E-state index in [9.17, 15) is 5.11 Å². The Morgan fingerprint density at radius 2 is 1.91 bits per heavy atom. The fourth-order valence-corrected chi connectivity index (χ4v) is 4.40. The molecule has 1 aliphatic heterocycles. The predicted molar refractivity (Wildman–Crippen MR) is 98.9 cm³/mol. The van der Waals surface area contributed by atoms with E-state index in [1.54, 1.807) is 0 Å². The van der Waals surface area contributed by atoms with E-state index in [2.05, 4.69) is 31.8 Å². The van der Waals surface area contributed by atoms with Gasteiger partial charge in [-0.1, -0.05) is 31.3 Å². The molecule has 2 atom stereocenters. The Labute approximate surface area is 141 Å². The molecule has 2 fully saturated rings. The third kappa shape index (κ3) is 3.58. The van der Waals surface area contributed by atoms with Crippen LogP contribution in [-0.2, 0) is 12.8 Å². The monoisotopic (exact) mass is 314 g/mol. The van der Waals surface area contributed by atoms with Gasteiger partial charge in [0.1, 0.15) is 13.6 Å². The Hall–Kier alpha value is -0.995. The highest BCUT2D eigenvalue weighted by Gasteiger charge is 2.36. The lowest BCUT2D eigenvalue weighted by Crippen LogP contribution is -2.59. The first-order valence-corrected chi connectivity index (χ1v) is 9.40. The molecular weight excluding hydrogens is 283 g/mol. The Morgan fingerprint density at radius 3 is 2.61 bits per heavy atom. The fraction of sp³-hybridized carbons (Fsp3) is 0.684. The quantitative estimate of drug-likeness (QED) is 0.818. The molecule has 1 saturated heterocycles. The summed E-state index contributed by atoms with van der Waals surface area (Å²) >= 11 is 0. The van der Waals surface area contributed by atoms with Crippen molar-refractivity contribution in [3.05, 3.63) is 28.8 Å². The summed E-state index contributed by atoms with van der Waals surface area (Å²) in [4.78, 5) is 2.59. The smallest absolute Gasteiger partial charge is 0.121 e. The molecule has 0 amide bonds. The summed E-state index contributed by atoms with van der Waals surface area (Å²) in [5.41, 5.74) is 9.80. The van der Waals surface area contributed by atoms with Crippen LogP contribution >= 0.6 is 0 Å². The van der Waals surface area contributed by atoms with Crippen LogP contribution in [0.1, 0.15) is 42.4 Å². The summed E-state index contributed by atoms with van der Waals surface area (Å²) in [6, 6.07) is 5.34. The first-order valence-electron chi connectivity index (χ1n) is 9.40. The highest BCUT2D eigenvalue weighted by atomic mass is 16.3. The molecule has 1 heterocycles. The van der Waals surface area contributed by atoms with Crippen molar-refractivity contribution in [3.8, 4) is 5.75 Å². The molecule has 2 unspecified atom stereocenters. The lowest BCUT2D eigenvalue weighted by Gasteiger charge is -2.48. The van der Waals surface area contributed by atoms with E-state index in [4.69, 9.17) is 5.73 Å². The average Bonchev–Trinajstić information content (AvgIpc) is 2.50. The number of benzene rings is 1. The molecule has 0 spiro atoms. The van der Waals surface area contributed by atoms with Crippen LogP contribution in [0, 0.1) is 12.8 Å². The molecular formula is C19H31BN2O. The number of phenolic OH excluding ortho intramolecular Hbond substituents is 1. The van der Waals surface area contributed by atoms with E-state index >= 15 is 0 Å². The van der Waals surface area contributed by atoms with Gasteiger partial charge in [-0.3, -0.25) is 4.90 Å². The number of rotatable bonds is 5. The molecule has 3 N–H and O–H groups in total. The van der Waals surface area contributed by atoms with Crippen molar-refractivity contribution in [2.45, 2.75) is 63.9 Å². The van der Waals surface area contributed by atoms with Gasteiger partial charge < -0.3 is 10.8 Å². The Kier molecular flexibility index (Phi) is 5.33. The lowest BCUT2D eigenvalue weighted by molar-refractivity contribution is 0.0261. The molecule has 4 heteroatoms. The van der Waals surface area contributed by atoms with Crippen LogP contribution in [0.5, 0.6) is 5.75 Å². The highest BCUT2D eigenvalue weighted by Crippen LogP contribution is 2.32. The SMILES string of the molecule is BCCc1ccc(CC2CN(C3CCCCC3N)C2)c(C)c1O. The summed E-state index contributed by atoms with van der Waals surface area (Å²) in [6.07, 6.45) is 8.24. The minimum Gasteiger partial charge on any atom is -0.507 e. The second-order valence-electron chi connectivity index (χ2n) is 7.65. The molecule has 1 saturated carbocycles. The van der Waals surface area contributed by atoms with Crippen LogP contribution in [0.25, 0.3) is 0 Å². The normalized spacial score (nSPS) is 26.2. The third-order valence-electron chi connectivity index (χ3n) is 5.89. The molecule has 0 bridgehead atoms. The van der Waals surface area contributed by atoms with E-state index in [0.29, 0.717) is 17.8 Å². The molecule has 0 aromatic heterocycles. The van der Waals surface area contributed by atoms with Crippen molar-refractivity contribution in [2.75, 3.05) is 13.1 Å². The number of hydrogen-bond donors (Lipinski definition) is 2. The molecule has 2 aliphatic rings. The van der Waals surface area contributed by atoms with Gasteiger partial charge in [-0.05, 0) is 55.2 Å². The van der Waals surface area contributed by atoms with Gasteiger partial charge >= 0.3 is 0 Å². The predicted octanol–water partition coefficient (Wildman–Crippen LogP) is 2.04. The molecule has 1 aromatic rings. The number of nitrogens with two attached hydrogens (primary N) is 1. The van der Waals surface area contributed by atoms with Gasteiger partial charge in [-0.25, -0.2) is 0 Å². The maximum absolute atomic E-state index is 10.4. The molecule has 3 nitrogen and oxygen atoms in total. The van der Waals surface area contributed by atoms with E-state index in [-0.39, 0.29) is 0 Å². The summed E-state index contributed by atoms with van der Waals surface area (Å²) in [7, 11) is 2.15. The molecule has 3 rings (SSSR count). The van der Waals surface area contributed by atoms with E-state index < -0.39 is 0 Å². The molecule has 23 heavy (non-hydrogen) atoms. The van der Waals surface area contributed by atoms with Crippen LogP contribution in [0.15, 0.2) is 12.1 Å². The molecule has 126 valence electrons. The number of aryl methyl sites for hydroxylation is 1. The van der Waals surface area contributed by atoms with Crippen molar-refractivity contribution >= 4 is 7.85 Å². The van der Waals surface area contributed by atoms with Crippen LogP contribution < -0.4 is 5.73 Å². The minimum absolute atomic E-state index is 0.379. The maximum atomic E-state index is 10.4. The number of phenols is 1. The summed E-state index contributed by atoms with van der Waals surface area (Å²) in [5, 5.41) is 10.4. The van der Waals surface area contributed by atoms with Gasteiger partial charge in [0.25, 0.3) is 0 Å². The van der Waals surface area contributed by atoms with Crippen molar-refractivity contribution < 1.29 is 5.11 Å². The van der Waals surface area contributed by atoms with Gasteiger partial charge in [0.2, 0.25) is 0 Å². The van der Waals surface area contributed by atoms with Crippen molar-refractivity contribution in [1.29, 1.82) is 0 Å². The average molecular weight is 314 g/mol. The topological polar surface area (TPSA) is 49.5 Å². The Bertz CT molecular complexity index is 542. The van der Waals surface area contributed by atoms with E-state index in [1.807, 2.05) is 0 Å². The standard InChI is InChI=1S/C19H31BN2O/c1-13-16(7-6-15(8-9-20)19(13)23)10-14-11-22(12-14)18-5-3-2-4-17(18)21/h6-7,14,17-18,23H,2-5,8-12,20-21H2,1H3. The van der Waals surface area contributed by atoms with Gasteiger partial charge in [-0.15, -0.1) is 0 Å². The summed E-state index contributed by atoms with van der Waals surface area (Å²) < 4.78 is 0. The Morgan fingerprint density at radius 1 is 1.22 bits per heavy atom. The highest BCUT2D eigenvalue weighted by molar-refractivity contribution is 6.08. The Balaban J connectivity index is 1.56. The zero-order valence-corrected chi connectivity index (χ0v) is 14.7. The van der Waals surface area contributed by atoms with Gasteiger partial charge in [0.05, 0.1) is 0 Å². The van der Waals surface area contributed by atoms with E-state index in [1.165, 1.54) is 44.3 Å². The zero-order chi connectivity index (χ0) is 16.4. The maximum Gasteiger partial charge on any atom is 0.121 e. The summed E-state index contributed by atoms with van der Waals surface area (Å²) in [6.45, 7) is 4.42. The number of nitrogens with zero attached hydrogens (tertiary/aromatic N) is 1. The van der Waals surface area contributed by atoms with Crippen LogP contribution in [0.4, 0.5) is 0 Å². The first-order chi connectivity index (χ1) is 11.1. The van der Waals surface area contributed by atoms with E-state index in [0.717, 1.165) is 36.2 Å². The molecule has 0 radical (unpaired) electrons. The molecule has 1 aromatic carbocycles. The minimum atomic E-state index is 0.379. The summed E-state index contributed by atoms with van der Waals surface area (Å²) in [5.74, 6) is 1.24. The second-order valence-corrected chi connectivity index (χ2v) is 7.65. The van der Waals surface area contributed by atoms with Crippen molar-refractivity contribution in [3.63, 3.8) is 0 Å². The zero-order valence-electron chi connectivity index (χ0n) is 14.7. The first kappa shape index (κ1) is 16.8. The lowest BCUT2D eigenvalue weighted by atomic mass is 9.83. The van der Waals surface area contributed by atoms with Crippen molar-refractivity contribution in [1.82, 2.24) is 4.90 Å². The number of likely N-dealkylation sites (tertiary alicyclic amines) is 1. The number of hydrogen-bond acceptors (Lipinski definition) is 3. The third-order valence-corrected chi connectivity index (χ3v) is 5.89. The van der Waals surface area contributed by atoms with Crippen LogP contribution in [0.3, 0.4) is 0 Å². The second kappa shape index (κ2) is 7.27. The van der Waals surface area contributed by atoms with Gasteiger partial charge in [0.15, 0.2) is 0 Å². The van der Waals surface area contributed by atoms with Crippen LogP contribution in [0.2, 0.25) is 6.32 Å². The number of aromatic hydroxyl groups is 1. The van der Waals surface area contributed by atoms with Gasteiger partial charge in [-0.2, -0.15) is 0 Å².